The molecule has 5 heteroatoms. The van der Waals surface area contributed by atoms with Crippen LogP contribution in [0.25, 0.3) is 0 Å². The van der Waals surface area contributed by atoms with Gasteiger partial charge < -0.3 is 10.4 Å². The van der Waals surface area contributed by atoms with E-state index in [4.69, 9.17) is 0 Å². The van der Waals surface area contributed by atoms with Crippen molar-refractivity contribution in [2.24, 2.45) is 0 Å². The van der Waals surface area contributed by atoms with Crippen LogP contribution in [-0.4, -0.2) is 28.1 Å². The number of carbonyl (C=O) groups is 1. The fourth-order valence-electron chi connectivity index (χ4n) is 1.03. The maximum Gasteiger partial charge on any atom is 0.253 e. The highest BCUT2D eigenvalue weighted by atomic mass is 19.1. The van der Waals surface area contributed by atoms with Gasteiger partial charge in [-0.05, 0) is 19.4 Å². The van der Waals surface area contributed by atoms with Gasteiger partial charge in [-0.2, -0.15) is 0 Å². The molecule has 0 aliphatic rings. The summed E-state index contributed by atoms with van der Waals surface area (Å²) in [6, 6.07) is 1.10. The van der Waals surface area contributed by atoms with Crippen molar-refractivity contribution in [2.45, 2.75) is 25.9 Å². The first-order valence-corrected chi connectivity index (χ1v) is 5.06. The zero-order valence-corrected chi connectivity index (χ0v) is 9.33. The van der Waals surface area contributed by atoms with Gasteiger partial charge in [0.05, 0.1) is 17.4 Å². The molecule has 88 valence electrons. The number of hydrogen-bond donors (Lipinski definition) is 2. The molecule has 0 aliphatic carbocycles. The number of hydrogen-bond acceptors (Lipinski definition) is 3. The minimum Gasteiger partial charge on any atom is -0.388 e. The molecule has 0 radical (unpaired) electrons. The van der Waals surface area contributed by atoms with Gasteiger partial charge in [0.25, 0.3) is 5.91 Å². The largest absolute Gasteiger partial charge is 0.388 e. The van der Waals surface area contributed by atoms with E-state index in [0.29, 0.717) is 6.42 Å². The van der Waals surface area contributed by atoms with E-state index in [-0.39, 0.29) is 12.1 Å². The predicted octanol–water partition coefficient (Wildman–Crippen LogP) is 1.11. The van der Waals surface area contributed by atoms with E-state index in [0.717, 1.165) is 12.3 Å². The number of pyridine rings is 1. The average Bonchev–Trinajstić information content (AvgIpc) is 2.26. The summed E-state index contributed by atoms with van der Waals surface area (Å²) in [6.07, 6.45) is 2.83. The van der Waals surface area contributed by atoms with Crippen LogP contribution in [0.5, 0.6) is 0 Å². The molecule has 1 heterocycles. The molecule has 1 aromatic heterocycles. The van der Waals surface area contributed by atoms with Gasteiger partial charge in [0.1, 0.15) is 5.82 Å². The van der Waals surface area contributed by atoms with Crippen LogP contribution in [0.3, 0.4) is 0 Å². The molecule has 2 N–H and O–H groups in total. The highest BCUT2D eigenvalue weighted by Gasteiger charge is 2.18. The van der Waals surface area contributed by atoms with Gasteiger partial charge in [-0.3, -0.25) is 9.78 Å². The van der Waals surface area contributed by atoms with Crippen molar-refractivity contribution in [2.75, 3.05) is 6.54 Å². The van der Waals surface area contributed by atoms with E-state index in [1.165, 1.54) is 6.20 Å². The SMILES string of the molecule is CCC(C)(O)CNC(=O)c1cncc(F)c1. The number of nitrogens with one attached hydrogen (secondary N) is 1. The molecule has 0 bridgehead atoms. The summed E-state index contributed by atoms with van der Waals surface area (Å²) in [5.74, 6) is -1.00. The second-order valence-corrected chi connectivity index (χ2v) is 3.93. The van der Waals surface area contributed by atoms with Crippen LogP contribution in [-0.2, 0) is 0 Å². The quantitative estimate of drug-likeness (QED) is 0.808. The molecule has 0 aromatic carbocycles. The summed E-state index contributed by atoms with van der Waals surface area (Å²) >= 11 is 0. The summed E-state index contributed by atoms with van der Waals surface area (Å²) in [5.41, 5.74) is -0.803. The molecule has 0 saturated carbocycles. The summed E-state index contributed by atoms with van der Waals surface area (Å²) in [6.45, 7) is 3.56. The van der Waals surface area contributed by atoms with E-state index in [1.807, 2.05) is 6.92 Å². The van der Waals surface area contributed by atoms with E-state index >= 15 is 0 Å². The Morgan fingerprint density at radius 1 is 1.62 bits per heavy atom. The molecule has 0 spiro atoms. The second-order valence-electron chi connectivity index (χ2n) is 3.93. The van der Waals surface area contributed by atoms with Crippen molar-refractivity contribution >= 4 is 5.91 Å². The lowest BCUT2D eigenvalue weighted by atomic mass is 10.0. The number of nitrogens with zero attached hydrogens (tertiary/aromatic N) is 1. The van der Waals surface area contributed by atoms with Gasteiger partial charge in [0.2, 0.25) is 0 Å². The van der Waals surface area contributed by atoms with Crippen molar-refractivity contribution in [3.05, 3.63) is 29.8 Å². The third kappa shape index (κ3) is 3.58. The molecule has 16 heavy (non-hydrogen) atoms. The van der Waals surface area contributed by atoms with Gasteiger partial charge in [0.15, 0.2) is 0 Å². The molecule has 1 atom stereocenters. The molecule has 0 fully saturated rings. The average molecular weight is 226 g/mol. The van der Waals surface area contributed by atoms with Crippen LogP contribution >= 0.6 is 0 Å². The smallest absolute Gasteiger partial charge is 0.253 e. The highest BCUT2D eigenvalue weighted by Crippen LogP contribution is 2.07. The molecule has 1 unspecified atom stereocenters. The second kappa shape index (κ2) is 5.03. The van der Waals surface area contributed by atoms with Gasteiger partial charge >= 0.3 is 0 Å². The Morgan fingerprint density at radius 3 is 2.88 bits per heavy atom. The maximum atomic E-state index is 12.8. The van der Waals surface area contributed by atoms with Crippen LogP contribution in [0, 0.1) is 5.82 Å². The van der Waals surface area contributed by atoms with E-state index < -0.39 is 17.3 Å². The number of carbonyl (C=O) groups excluding carboxylic acids is 1. The van der Waals surface area contributed by atoms with E-state index in [2.05, 4.69) is 10.3 Å². The molecule has 1 amide bonds. The molecule has 1 aromatic rings. The third-order valence-corrected chi connectivity index (χ3v) is 2.36. The summed E-state index contributed by atoms with van der Waals surface area (Å²) in [5, 5.41) is 12.2. The number of rotatable bonds is 4. The van der Waals surface area contributed by atoms with Gasteiger partial charge in [-0.25, -0.2) is 4.39 Å². The summed E-state index contributed by atoms with van der Waals surface area (Å²) in [4.78, 5) is 15.1. The fraction of sp³-hybridized carbons (Fsp3) is 0.455. The minimum atomic E-state index is -0.948. The standard InChI is InChI=1S/C11H15FN2O2/c1-3-11(2,16)7-14-10(15)8-4-9(12)6-13-5-8/h4-6,16H,3,7H2,1-2H3,(H,14,15). The minimum absolute atomic E-state index is 0.124. The Labute approximate surface area is 93.5 Å². The van der Waals surface area contributed by atoms with Crippen molar-refractivity contribution in [3.8, 4) is 0 Å². The third-order valence-electron chi connectivity index (χ3n) is 2.36. The first-order chi connectivity index (χ1) is 7.44. The van der Waals surface area contributed by atoms with Crippen LogP contribution in [0.2, 0.25) is 0 Å². The lowest BCUT2D eigenvalue weighted by Gasteiger charge is -2.21. The number of amides is 1. The monoisotopic (exact) mass is 226 g/mol. The Bertz CT molecular complexity index is 380. The highest BCUT2D eigenvalue weighted by molar-refractivity contribution is 5.93. The lowest BCUT2D eigenvalue weighted by molar-refractivity contribution is 0.0518. The first kappa shape index (κ1) is 12.6. The van der Waals surface area contributed by atoms with Crippen LogP contribution in [0.4, 0.5) is 4.39 Å². The lowest BCUT2D eigenvalue weighted by Crippen LogP contribution is -2.40. The molecule has 1 rings (SSSR count). The molecule has 0 aliphatic heterocycles. The van der Waals surface area contributed by atoms with E-state index in [9.17, 15) is 14.3 Å². The van der Waals surface area contributed by atoms with Crippen molar-refractivity contribution in [3.63, 3.8) is 0 Å². The Morgan fingerprint density at radius 2 is 2.31 bits per heavy atom. The Kier molecular flexibility index (Phi) is 3.95. The predicted molar refractivity (Wildman–Crippen MR) is 57.4 cm³/mol. The zero-order valence-electron chi connectivity index (χ0n) is 9.33. The maximum absolute atomic E-state index is 12.8. The van der Waals surface area contributed by atoms with Crippen molar-refractivity contribution in [1.82, 2.24) is 10.3 Å². The van der Waals surface area contributed by atoms with Crippen molar-refractivity contribution in [1.29, 1.82) is 0 Å². The molecule has 0 saturated heterocycles. The van der Waals surface area contributed by atoms with E-state index in [1.54, 1.807) is 6.92 Å². The van der Waals surface area contributed by atoms with Crippen LogP contribution in [0.15, 0.2) is 18.5 Å². The Hall–Kier alpha value is -1.49. The van der Waals surface area contributed by atoms with Gasteiger partial charge in [-0.15, -0.1) is 0 Å². The normalized spacial score (nSPS) is 14.2. The van der Waals surface area contributed by atoms with Gasteiger partial charge in [-0.1, -0.05) is 6.92 Å². The topological polar surface area (TPSA) is 62.2 Å². The van der Waals surface area contributed by atoms with Crippen LogP contribution in [0.1, 0.15) is 30.6 Å². The van der Waals surface area contributed by atoms with Crippen LogP contribution < -0.4 is 5.32 Å². The summed E-state index contributed by atoms with van der Waals surface area (Å²) in [7, 11) is 0. The number of halogens is 1. The molecular weight excluding hydrogens is 211 g/mol. The number of aliphatic hydroxyl groups is 1. The molecule has 4 nitrogen and oxygen atoms in total. The molecular formula is C11H15FN2O2. The zero-order chi connectivity index (χ0) is 12.2. The Balaban J connectivity index is 2.60. The fourth-order valence-corrected chi connectivity index (χ4v) is 1.03. The number of aromatic nitrogens is 1. The first-order valence-electron chi connectivity index (χ1n) is 5.06. The summed E-state index contributed by atoms with van der Waals surface area (Å²) < 4.78 is 12.8. The van der Waals surface area contributed by atoms with Gasteiger partial charge in [0, 0.05) is 12.7 Å². The van der Waals surface area contributed by atoms with Crippen molar-refractivity contribution < 1.29 is 14.3 Å².